The number of carbonyl (C=O) groups excluding carboxylic acids is 3. The van der Waals surface area contributed by atoms with Crippen molar-refractivity contribution in [3.8, 4) is 0 Å². The summed E-state index contributed by atoms with van der Waals surface area (Å²) in [6, 6.07) is 7.31. The Labute approximate surface area is 184 Å². The lowest BCUT2D eigenvalue weighted by molar-refractivity contribution is -0.160. The van der Waals surface area contributed by atoms with Gasteiger partial charge in [0.25, 0.3) is 0 Å². The van der Waals surface area contributed by atoms with Crippen LogP contribution in [-0.4, -0.2) is 30.6 Å². The molecule has 31 heavy (non-hydrogen) atoms. The summed E-state index contributed by atoms with van der Waals surface area (Å²) in [6.07, 6.45) is 4.41. The van der Waals surface area contributed by atoms with Gasteiger partial charge in [-0.1, -0.05) is 50.3 Å². The molecule has 1 amide bonds. The standard InChI is InChI=1S/C25H33NO5/c1-5-7-13-22(27)26-24-20-12-9-8-11-18(20)14-21(24)31-25(29)19(10-6-2)15-23(28)30-16-17(3)4/h5-6,8-9,11-12,17,19,21,24H,1-2,7,10,13-16H2,3-4H3,(H,26,27)/t19?,21-,24-/m0/s1. The lowest BCUT2D eigenvalue weighted by atomic mass is 10.0. The molecule has 0 heterocycles. The van der Waals surface area contributed by atoms with Gasteiger partial charge < -0.3 is 14.8 Å². The highest BCUT2D eigenvalue weighted by Gasteiger charge is 2.37. The molecule has 0 fully saturated rings. The molecule has 0 saturated heterocycles. The molecule has 2 rings (SSSR count). The van der Waals surface area contributed by atoms with Crippen LogP contribution >= 0.6 is 0 Å². The molecule has 0 spiro atoms. The molecule has 1 aromatic rings. The Balaban J connectivity index is 2.08. The van der Waals surface area contributed by atoms with Gasteiger partial charge in [0.1, 0.15) is 6.10 Å². The summed E-state index contributed by atoms with van der Waals surface area (Å²) >= 11 is 0. The molecule has 0 bridgehead atoms. The molecule has 0 aromatic heterocycles. The molecule has 6 heteroatoms. The molecule has 0 saturated carbocycles. The number of esters is 2. The highest BCUT2D eigenvalue weighted by atomic mass is 16.5. The highest BCUT2D eigenvalue weighted by Crippen LogP contribution is 2.34. The first kappa shape index (κ1) is 24.4. The van der Waals surface area contributed by atoms with E-state index in [0.29, 0.717) is 32.3 Å². The maximum atomic E-state index is 12.9. The lowest BCUT2D eigenvalue weighted by Crippen LogP contribution is -2.37. The first-order chi connectivity index (χ1) is 14.8. The normalized spacial score (nSPS) is 18.0. The van der Waals surface area contributed by atoms with Crippen LogP contribution in [0.15, 0.2) is 49.6 Å². The van der Waals surface area contributed by atoms with Crippen molar-refractivity contribution in [2.75, 3.05) is 6.61 Å². The predicted molar refractivity (Wildman–Crippen MR) is 119 cm³/mol. The van der Waals surface area contributed by atoms with Gasteiger partial charge >= 0.3 is 11.9 Å². The van der Waals surface area contributed by atoms with E-state index in [9.17, 15) is 14.4 Å². The van der Waals surface area contributed by atoms with Crippen molar-refractivity contribution in [1.29, 1.82) is 0 Å². The van der Waals surface area contributed by atoms with Crippen molar-refractivity contribution >= 4 is 17.8 Å². The molecule has 3 atom stereocenters. The number of amides is 1. The summed E-state index contributed by atoms with van der Waals surface area (Å²) in [4.78, 5) is 37.4. The molecule has 1 N–H and O–H groups in total. The van der Waals surface area contributed by atoms with Crippen molar-refractivity contribution in [3.63, 3.8) is 0 Å². The maximum absolute atomic E-state index is 12.9. The van der Waals surface area contributed by atoms with Crippen LogP contribution < -0.4 is 5.32 Å². The highest BCUT2D eigenvalue weighted by molar-refractivity contribution is 5.80. The van der Waals surface area contributed by atoms with Gasteiger partial charge in [-0.2, -0.15) is 0 Å². The number of hydrogen-bond donors (Lipinski definition) is 1. The Morgan fingerprint density at radius 3 is 2.61 bits per heavy atom. The number of fused-ring (bicyclic) bond motifs is 1. The van der Waals surface area contributed by atoms with Gasteiger partial charge in [-0.15, -0.1) is 13.2 Å². The average Bonchev–Trinajstić information content (AvgIpc) is 3.07. The van der Waals surface area contributed by atoms with Crippen molar-refractivity contribution in [2.24, 2.45) is 11.8 Å². The fraction of sp³-hybridized carbons (Fsp3) is 0.480. The Hall–Kier alpha value is -2.89. The van der Waals surface area contributed by atoms with E-state index in [1.54, 1.807) is 12.2 Å². The van der Waals surface area contributed by atoms with Gasteiger partial charge in [0.15, 0.2) is 0 Å². The van der Waals surface area contributed by atoms with E-state index in [2.05, 4.69) is 18.5 Å². The third-order valence-electron chi connectivity index (χ3n) is 5.12. The van der Waals surface area contributed by atoms with E-state index in [1.807, 2.05) is 38.1 Å². The lowest BCUT2D eigenvalue weighted by Gasteiger charge is -2.24. The number of nitrogens with one attached hydrogen (secondary N) is 1. The van der Waals surface area contributed by atoms with Crippen molar-refractivity contribution in [2.45, 2.75) is 58.1 Å². The molecular formula is C25H33NO5. The number of allylic oxidation sites excluding steroid dienone is 2. The minimum absolute atomic E-state index is 0.0619. The van der Waals surface area contributed by atoms with E-state index in [-0.39, 0.29) is 18.2 Å². The van der Waals surface area contributed by atoms with Crippen LogP contribution in [-0.2, 0) is 30.3 Å². The fourth-order valence-corrected chi connectivity index (χ4v) is 3.55. The Morgan fingerprint density at radius 2 is 1.94 bits per heavy atom. The predicted octanol–water partition coefficient (Wildman–Crippen LogP) is 4.06. The Kier molecular flexibility index (Phi) is 9.50. The van der Waals surface area contributed by atoms with E-state index < -0.39 is 30.0 Å². The van der Waals surface area contributed by atoms with Crippen molar-refractivity contribution < 1.29 is 23.9 Å². The molecule has 1 aliphatic carbocycles. The third-order valence-corrected chi connectivity index (χ3v) is 5.12. The zero-order valence-corrected chi connectivity index (χ0v) is 18.5. The van der Waals surface area contributed by atoms with E-state index in [0.717, 1.165) is 11.1 Å². The van der Waals surface area contributed by atoms with Crippen LogP contribution in [0.2, 0.25) is 0 Å². The van der Waals surface area contributed by atoms with Crippen LogP contribution in [0, 0.1) is 11.8 Å². The largest absolute Gasteiger partial charge is 0.465 e. The number of carbonyl (C=O) groups is 3. The van der Waals surface area contributed by atoms with Crippen LogP contribution in [0.25, 0.3) is 0 Å². The summed E-state index contributed by atoms with van der Waals surface area (Å²) in [5.41, 5.74) is 1.98. The van der Waals surface area contributed by atoms with E-state index >= 15 is 0 Å². The minimum atomic E-state index is -0.669. The second kappa shape index (κ2) is 12.1. The van der Waals surface area contributed by atoms with Crippen molar-refractivity contribution in [1.82, 2.24) is 5.32 Å². The minimum Gasteiger partial charge on any atom is -0.465 e. The molecule has 168 valence electrons. The van der Waals surface area contributed by atoms with Crippen molar-refractivity contribution in [3.05, 3.63) is 60.7 Å². The summed E-state index contributed by atoms with van der Waals surface area (Å²) in [6.45, 7) is 11.5. The van der Waals surface area contributed by atoms with Gasteiger partial charge in [-0.05, 0) is 29.9 Å². The van der Waals surface area contributed by atoms with Gasteiger partial charge in [0, 0.05) is 12.8 Å². The van der Waals surface area contributed by atoms with E-state index in [1.165, 1.54) is 0 Å². The van der Waals surface area contributed by atoms with Crippen LogP contribution in [0.1, 0.15) is 56.7 Å². The fourth-order valence-electron chi connectivity index (χ4n) is 3.55. The van der Waals surface area contributed by atoms with Gasteiger partial charge in [0.2, 0.25) is 5.91 Å². The second-order valence-corrected chi connectivity index (χ2v) is 8.25. The van der Waals surface area contributed by atoms with Gasteiger partial charge in [-0.3, -0.25) is 14.4 Å². The quantitative estimate of drug-likeness (QED) is 0.402. The molecule has 1 aromatic carbocycles. The zero-order chi connectivity index (χ0) is 22.8. The molecule has 0 radical (unpaired) electrons. The van der Waals surface area contributed by atoms with Gasteiger partial charge in [-0.25, -0.2) is 0 Å². The topological polar surface area (TPSA) is 81.7 Å². The molecule has 1 aliphatic rings. The molecule has 1 unspecified atom stereocenters. The third kappa shape index (κ3) is 7.39. The molecular weight excluding hydrogens is 394 g/mol. The number of rotatable bonds is 12. The Morgan fingerprint density at radius 1 is 1.19 bits per heavy atom. The zero-order valence-electron chi connectivity index (χ0n) is 18.5. The first-order valence-electron chi connectivity index (χ1n) is 10.8. The molecule has 0 aliphatic heterocycles. The van der Waals surface area contributed by atoms with Gasteiger partial charge in [0.05, 0.1) is 25.0 Å². The van der Waals surface area contributed by atoms with Crippen LogP contribution in [0.5, 0.6) is 0 Å². The summed E-state index contributed by atoms with van der Waals surface area (Å²) < 4.78 is 11.0. The SMILES string of the molecule is C=CCCC(=O)N[C@H]1c2ccccc2C[C@@H]1OC(=O)C(CC=C)CC(=O)OCC(C)C. The summed E-state index contributed by atoms with van der Waals surface area (Å²) in [5.74, 6) is -1.48. The number of ether oxygens (including phenoxy) is 2. The summed E-state index contributed by atoms with van der Waals surface area (Å²) in [7, 11) is 0. The monoisotopic (exact) mass is 427 g/mol. The maximum Gasteiger partial charge on any atom is 0.310 e. The van der Waals surface area contributed by atoms with E-state index in [4.69, 9.17) is 9.47 Å². The number of hydrogen-bond acceptors (Lipinski definition) is 5. The molecule has 6 nitrogen and oxygen atoms in total. The summed E-state index contributed by atoms with van der Waals surface area (Å²) in [5, 5.41) is 2.99. The van der Waals surface area contributed by atoms with Crippen LogP contribution in [0.3, 0.4) is 0 Å². The Bertz CT molecular complexity index is 801. The number of benzene rings is 1. The smallest absolute Gasteiger partial charge is 0.310 e. The average molecular weight is 428 g/mol. The second-order valence-electron chi connectivity index (χ2n) is 8.25. The first-order valence-corrected chi connectivity index (χ1v) is 10.8. The van der Waals surface area contributed by atoms with Crippen LogP contribution in [0.4, 0.5) is 0 Å².